The standard InChI is InChI=1S/C17H20ClN5/c1-21-9-4-5-12(11-21)23-10-8-19-17(23)16-15-13(18)6-3-7-14(15)22(2)20-16/h3,6-8,10,12H,4-5,9,11H2,1-2H3. The zero-order valence-electron chi connectivity index (χ0n) is 13.4. The molecule has 5 nitrogen and oxygen atoms in total. The lowest BCUT2D eigenvalue weighted by atomic mass is 10.1. The lowest BCUT2D eigenvalue weighted by Gasteiger charge is -2.31. The molecule has 1 fully saturated rings. The molecular formula is C17H20ClN5. The molecule has 1 aromatic carbocycles. The van der Waals surface area contributed by atoms with E-state index in [1.807, 2.05) is 36.1 Å². The molecule has 0 N–H and O–H groups in total. The number of likely N-dealkylation sites (tertiary alicyclic amines) is 1. The van der Waals surface area contributed by atoms with Crippen molar-refractivity contribution in [2.75, 3.05) is 20.1 Å². The minimum Gasteiger partial charge on any atom is -0.325 e. The number of hydrogen-bond donors (Lipinski definition) is 0. The average Bonchev–Trinajstić information content (AvgIpc) is 3.13. The van der Waals surface area contributed by atoms with E-state index in [4.69, 9.17) is 16.7 Å². The molecule has 0 aliphatic carbocycles. The Balaban J connectivity index is 1.85. The first-order chi connectivity index (χ1) is 11.1. The number of aryl methyl sites for hydroxylation is 1. The fourth-order valence-corrected chi connectivity index (χ4v) is 3.84. The number of hydrogen-bond acceptors (Lipinski definition) is 3. The lowest BCUT2D eigenvalue weighted by Crippen LogP contribution is -2.33. The SMILES string of the molecule is CN1CCCC(n2ccnc2-c2nn(C)c3cccc(Cl)c23)C1. The van der Waals surface area contributed by atoms with Crippen molar-refractivity contribution in [3.8, 4) is 11.5 Å². The van der Waals surface area contributed by atoms with Crippen molar-refractivity contribution < 1.29 is 0 Å². The number of halogens is 1. The molecule has 23 heavy (non-hydrogen) atoms. The highest BCUT2D eigenvalue weighted by molar-refractivity contribution is 6.36. The molecule has 3 heterocycles. The molecular weight excluding hydrogens is 310 g/mol. The summed E-state index contributed by atoms with van der Waals surface area (Å²) in [6, 6.07) is 6.35. The fraction of sp³-hybridized carbons (Fsp3) is 0.412. The van der Waals surface area contributed by atoms with Crippen molar-refractivity contribution in [1.82, 2.24) is 24.2 Å². The second-order valence-electron chi connectivity index (χ2n) is 6.32. The smallest absolute Gasteiger partial charge is 0.161 e. The molecule has 3 aromatic rings. The van der Waals surface area contributed by atoms with Crippen LogP contribution in [-0.2, 0) is 7.05 Å². The molecule has 6 heteroatoms. The van der Waals surface area contributed by atoms with Gasteiger partial charge < -0.3 is 9.47 Å². The number of benzene rings is 1. The molecule has 120 valence electrons. The molecule has 2 aromatic heterocycles. The van der Waals surface area contributed by atoms with E-state index in [9.17, 15) is 0 Å². The Labute approximate surface area is 140 Å². The number of piperidine rings is 1. The normalized spacial score (nSPS) is 19.5. The second-order valence-corrected chi connectivity index (χ2v) is 6.73. The minimum absolute atomic E-state index is 0.436. The highest BCUT2D eigenvalue weighted by Crippen LogP contribution is 2.34. The van der Waals surface area contributed by atoms with E-state index in [1.54, 1.807) is 0 Å². The van der Waals surface area contributed by atoms with Gasteiger partial charge in [-0.15, -0.1) is 0 Å². The van der Waals surface area contributed by atoms with E-state index in [-0.39, 0.29) is 0 Å². The average molecular weight is 330 g/mol. The van der Waals surface area contributed by atoms with Gasteiger partial charge in [-0.3, -0.25) is 4.68 Å². The van der Waals surface area contributed by atoms with Gasteiger partial charge in [0.1, 0.15) is 5.69 Å². The molecule has 1 aliphatic rings. The van der Waals surface area contributed by atoms with E-state index < -0.39 is 0 Å². The molecule has 0 spiro atoms. The Morgan fingerprint density at radius 2 is 2.13 bits per heavy atom. The zero-order valence-corrected chi connectivity index (χ0v) is 14.2. The van der Waals surface area contributed by atoms with Crippen molar-refractivity contribution >= 4 is 22.5 Å². The predicted octanol–water partition coefficient (Wildman–Crippen LogP) is 3.36. The summed E-state index contributed by atoms with van der Waals surface area (Å²) in [5, 5.41) is 6.41. The molecule has 0 saturated carbocycles. The maximum absolute atomic E-state index is 6.46. The summed E-state index contributed by atoms with van der Waals surface area (Å²) in [5.74, 6) is 0.906. The van der Waals surface area contributed by atoms with Crippen LogP contribution < -0.4 is 0 Å². The molecule has 1 saturated heterocycles. The Morgan fingerprint density at radius 1 is 1.26 bits per heavy atom. The van der Waals surface area contributed by atoms with Crippen LogP contribution in [0, 0.1) is 0 Å². The van der Waals surface area contributed by atoms with E-state index >= 15 is 0 Å². The monoisotopic (exact) mass is 329 g/mol. The van der Waals surface area contributed by atoms with Crippen molar-refractivity contribution in [2.24, 2.45) is 7.05 Å². The van der Waals surface area contributed by atoms with Gasteiger partial charge in [0.25, 0.3) is 0 Å². The van der Waals surface area contributed by atoms with Gasteiger partial charge >= 0.3 is 0 Å². The van der Waals surface area contributed by atoms with Gasteiger partial charge in [0.05, 0.1) is 10.5 Å². The largest absolute Gasteiger partial charge is 0.325 e. The molecule has 1 aliphatic heterocycles. The first-order valence-electron chi connectivity index (χ1n) is 7.98. The summed E-state index contributed by atoms with van der Waals surface area (Å²) in [6.45, 7) is 2.21. The van der Waals surface area contributed by atoms with Gasteiger partial charge in [0, 0.05) is 37.4 Å². The van der Waals surface area contributed by atoms with Crippen molar-refractivity contribution in [3.63, 3.8) is 0 Å². The molecule has 0 amide bonds. The van der Waals surface area contributed by atoms with E-state index in [0.717, 1.165) is 34.0 Å². The van der Waals surface area contributed by atoms with Crippen LogP contribution in [0.15, 0.2) is 30.6 Å². The molecule has 0 radical (unpaired) electrons. The molecule has 0 bridgehead atoms. The van der Waals surface area contributed by atoms with Crippen molar-refractivity contribution in [1.29, 1.82) is 0 Å². The third-order valence-electron chi connectivity index (χ3n) is 4.70. The van der Waals surface area contributed by atoms with Crippen molar-refractivity contribution in [3.05, 3.63) is 35.6 Å². The number of nitrogens with zero attached hydrogens (tertiary/aromatic N) is 5. The van der Waals surface area contributed by atoms with Gasteiger partial charge in [-0.2, -0.15) is 5.10 Å². The highest BCUT2D eigenvalue weighted by Gasteiger charge is 2.24. The van der Waals surface area contributed by atoms with Crippen LogP contribution in [-0.4, -0.2) is 44.4 Å². The molecule has 4 rings (SSSR count). The number of aromatic nitrogens is 4. The minimum atomic E-state index is 0.436. The molecule has 1 unspecified atom stereocenters. The van der Waals surface area contributed by atoms with Crippen molar-refractivity contribution in [2.45, 2.75) is 18.9 Å². The fourth-order valence-electron chi connectivity index (χ4n) is 3.58. The summed E-state index contributed by atoms with van der Waals surface area (Å²) in [4.78, 5) is 6.98. The Bertz CT molecular complexity index is 850. The van der Waals surface area contributed by atoms with Gasteiger partial charge in [-0.1, -0.05) is 17.7 Å². The van der Waals surface area contributed by atoms with Crippen LogP contribution in [0.4, 0.5) is 0 Å². The molecule has 1 atom stereocenters. The number of likely N-dealkylation sites (N-methyl/N-ethyl adjacent to an activating group) is 1. The van der Waals surface area contributed by atoms with Crippen LogP contribution >= 0.6 is 11.6 Å². The summed E-state index contributed by atoms with van der Waals surface area (Å²) >= 11 is 6.46. The predicted molar refractivity (Wildman–Crippen MR) is 92.7 cm³/mol. The summed E-state index contributed by atoms with van der Waals surface area (Å²) in [7, 11) is 4.12. The second kappa shape index (κ2) is 5.65. The topological polar surface area (TPSA) is 38.9 Å². The first kappa shape index (κ1) is 14.7. The maximum Gasteiger partial charge on any atom is 0.161 e. The number of rotatable bonds is 2. The lowest BCUT2D eigenvalue weighted by molar-refractivity contribution is 0.213. The Morgan fingerprint density at radius 3 is 2.96 bits per heavy atom. The van der Waals surface area contributed by atoms with E-state index in [1.165, 1.54) is 19.4 Å². The zero-order chi connectivity index (χ0) is 16.0. The van der Waals surface area contributed by atoms with E-state index in [2.05, 4.69) is 27.7 Å². The highest BCUT2D eigenvalue weighted by atomic mass is 35.5. The Hall–Kier alpha value is -1.85. The summed E-state index contributed by atoms with van der Waals surface area (Å²) < 4.78 is 4.14. The third kappa shape index (κ3) is 2.44. The third-order valence-corrected chi connectivity index (χ3v) is 5.02. The van der Waals surface area contributed by atoms with Crippen LogP contribution in [0.5, 0.6) is 0 Å². The van der Waals surface area contributed by atoms with Gasteiger partial charge in [0.2, 0.25) is 0 Å². The van der Waals surface area contributed by atoms with Gasteiger partial charge in [-0.05, 0) is 38.6 Å². The Kier molecular flexibility index (Phi) is 3.62. The van der Waals surface area contributed by atoms with Crippen LogP contribution in [0.1, 0.15) is 18.9 Å². The van der Waals surface area contributed by atoms with Crippen LogP contribution in [0.3, 0.4) is 0 Å². The van der Waals surface area contributed by atoms with Gasteiger partial charge in [0.15, 0.2) is 5.82 Å². The first-order valence-corrected chi connectivity index (χ1v) is 8.36. The number of imidazole rings is 1. The summed E-state index contributed by atoms with van der Waals surface area (Å²) in [5.41, 5.74) is 1.90. The van der Waals surface area contributed by atoms with E-state index in [0.29, 0.717) is 6.04 Å². The van der Waals surface area contributed by atoms with Gasteiger partial charge in [-0.25, -0.2) is 4.98 Å². The maximum atomic E-state index is 6.46. The number of fused-ring (bicyclic) bond motifs is 1. The quantitative estimate of drug-likeness (QED) is 0.723. The van der Waals surface area contributed by atoms with Crippen LogP contribution in [0.2, 0.25) is 5.02 Å². The van der Waals surface area contributed by atoms with Crippen LogP contribution in [0.25, 0.3) is 22.4 Å². The summed E-state index contributed by atoms with van der Waals surface area (Å²) in [6.07, 6.45) is 6.31.